The molecule has 0 aliphatic carbocycles. The first-order chi connectivity index (χ1) is 6.77. The van der Waals surface area contributed by atoms with E-state index >= 15 is 0 Å². The van der Waals surface area contributed by atoms with E-state index in [1.807, 2.05) is 30.3 Å². The monoisotopic (exact) mass is 207 g/mol. The number of nitrogens with one attached hydrogen (secondary N) is 1. The van der Waals surface area contributed by atoms with E-state index in [4.69, 9.17) is 0 Å². The summed E-state index contributed by atoms with van der Waals surface area (Å²) in [5.41, 5.74) is 0.943. The highest BCUT2D eigenvalue weighted by Crippen LogP contribution is 2.15. The molecule has 1 N–H and O–H groups in total. The zero-order valence-electron chi connectivity index (χ0n) is 7.40. The molecule has 1 saturated heterocycles. The summed E-state index contributed by atoms with van der Waals surface area (Å²) in [6.07, 6.45) is 1.74. The van der Waals surface area contributed by atoms with E-state index in [0.717, 1.165) is 5.56 Å². The van der Waals surface area contributed by atoms with Crippen molar-refractivity contribution in [2.24, 2.45) is 0 Å². The molecular formula is C10H9NO2S. The van der Waals surface area contributed by atoms with Crippen molar-refractivity contribution in [3.63, 3.8) is 0 Å². The van der Waals surface area contributed by atoms with Crippen LogP contribution in [0.1, 0.15) is 5.56 Å². The van der Waals surface area contributed by atoms with Crippen LogP contribution in [-0.2, 0) is 16.0 Å². The smallest absolute Gasteiger partial charge is 0.355 e. The Kier molecular flexibility index (Phi) is 2.56. The van der Waals surface area contributed by atoms with Crippen molar-refractivity contribution in [1.29, 1.82) is 0 Å². The van der Waals surface area contributed by atoms with Gasteiger partial charge in [0.25, 0.3) is 0 Å². The molecule has 72 valence electrons. The highest BCUT2D eigenvalue weighted by Gasteiger charge is 2.32. The lowest BCUT2D eigenvalue weighted by atomic mass is 10.2. The molecule has 4 heteroatoms. The molecule has 2 rings (SSSR count). The van der Waals surface area contributed by atoms with Crippen LogP contribution in [0.15, 0.2) is 35.4 Å². The molecule has 0 radical (unpaired) electrons. The van der Waals surface area contributed by atoms with Crippen LogP contribution in [0.4, 0.5) is 0 Å². The fourth-order valence-corrected chi connectivity index (χ4v) is 2.11. The molecule has 0 aromatic heterocycles. The summed E-state index contributed by atoms with van der Waals surface area (Å²) >= 11 is -1.49. The van der Waals surface area contributed by atoms with E-state index in [-0.39, 0.29) is 11.7 Å². The standard InChI is InChI=1S/C10H9NO2S/c12-10-7-11-9(14(10)13)6-8-4-2-1-3-5-8/h1-6,11H,7H2. The van der Waals surface area contributed by atoms with Crippen molar-refractivity contribution in [3.8, 4) is 0 Å². The van der Waals surface area contributed by atoms with Crippen LogP contribution in [0.5, 0.6) is 0 Å². The van der Waals surface area contributed by atoms with Gasteiger partial charge in [0.15, 0.2) is 0 Å². The van der Waals surface area contributed by atoms with E-state index in [1.165, 1.54) is 0 Å². The molecule has 3 nitrogen and oxygen atoms in total. The molecule has 1 atom stereocenters. The minimum Gasteiger partial charge on any atom is -0.603 e. The van der Waals surface area contributed by atoms with Crippen LogP contribution in [0.25, 0.3) is 6.08 Å². The van der Waals surface area contributed by atoms with Gasteiger partial charge in [0.05, 0.1) is 11.2 Å². The Bertz CT molecular complexity index is 375. The molecule has 14 heavy (non-hydrogen) atoms. The predicted octanol–water partition coefficient (Wildman–Crippen LogP) is 0.864. The maximum atomic E-state index is 11.3. The third kappa shape index (κ3) is 1.81. The third-order valence-electron chi connectivity index (χ3n) is 1.91. The van der Waals surface area contributed by atoms with Gasteiger partial charge in [0.2, 0.25) is 5.03 Å². The van der Waals surface area contributed by atoms with E-state index in [9.17, 15) is 9.35 Å². The highest BCUT2D eigenvalue weighted by molar-refractivity contribution is 8.10. The Labute approximate surface area is 85.0 Å². The van der Waals surface area contributed by atoms with Crippen molar-refractivity contribution >= 4 is 22.4 Å². The molecule has 1 aromatic carbocycles. The Morgan fingerprint density at radius 1 is 1.36 bits per heavy atom. The lowest BCUT2D eigenvalue weighted by Gasteiger charge is -2.00. The predicted molar refractivity (Wildman–Crippen MR) is 55.6 cm³/mol. The molecular weight excluding hydrogens is 198 g/mol. The van der Waals surface area contributed by atoms with Crippen LogP contribution in [0.2, 0.25) is 0 Å². The zero-order valence-corrected chi connectivity index (χ0v) is 8.21. The number of hydrogen-bond donors (Lipinski definition) is 1. The Morgan fingerprint density at radius 3 is 2.64 bits per heavy atom. The van der Waals surface area contributed by atoms with E-state index in [0.29, 0.717) is 5.03 Å². The minimum atomic E-state index is -1.49. The van der Waals surface area contributed by atoms with Crippen molar-refractivity contribution in [1.82, 2.24) is 5.32 Å². The third-order valence-corrected chi connectivity index (χ3v) is 3.13. The Hall–Kier alpha value is -1.26. The summed E-state index contributed by atoms with van der Waals surface area (Å²) in [6, 6.07) is 9.49. The lowest BCUT2D eigenvalue weighted by Crippen LogP contribution is -2.08. The molecule has 1 fully saturated rings. The summed E-state index contributed by atoms with van der Waals surface area (Å²) in [6.45, 7) is 0.172. The Balaban J connectivity index is 2.24. The van der Waals surface area contributed by atoms with Gasteiger partial charge < -0.3 is 9.87 Å². The number of hydrogen-bond acceptors (Lipinski definition) is 3. The van der Waals surface area contributed by atoms with Gasteiger partial charge in [-0.25, -0.2) is 4.79 Å². The topological polar surface area (TPSA) is 52.2 Å². The quantitative estimate of drug-likeness (QED) is 0.695. The molecule has 1 unspecified atom stereocenters. The second-order valence-electron chi connectivity index (χ2n) is 2.91. The van der Waals surface area contributed by atoms with Crippen LogP contribution in [0, 0.1) is 0 Å². The largest absolute Gasteiger partial charge is 0.603 e. The van der Waals surface area contributed by atoms with Crippen molar-refractivity contribution in [2.75, 3.05) is 6.54 Å². The van der Waals surface area contributed by atoms with Gasteiger partial charge in [-0.3, -0.25) is 0 Å². The molecule has 0 bridgehead atoms. The van der Waals surface area contributed by atoms with Gasteiger partial charge in [0, 0.05) is 6.08 Å². The maximum absolute atomic E-state index is 11.3. The van der Waals surface area contributed by atoms with Crippen LogP contribution >= 0.6 is 0 Å². The summed E-state index contributed by atoms with van der Waals surface area (Å²) < 4.78 is 11.3. The molecule has 0 amide bonds. The second-order valence-corrected chi connectivity index (χ2v) is 4.35. The van der Waals surface area contributed by atoms with Gasteiger partial charge >= 0.3 is 5.12 Å². The number of rotatable bonds is 1. The first kappa shape index (κ1) is 9.30. The average Bonchev–Trinajstić information content (AvgIpc) is 2.52. The number of carbonyl (C=O) groups is 1. The van der Waals surface area contributed by atoms with Gasteiger partial charge in [-0.05, 0) is 5.56 Å². The summed E-state index contributed by atoms with van der Waals surface area (Å²) in [5.74, 6) is 0. The van der Waals surface area contributed by atoms with Gasteiger partial charge in [0.1, 0.15) is 6.54 Å². The molecule has 1 aliphatic heterocycles. The maximum Gasteiger partial charge on any atom is 0.355 e. The fraction of sp³-hybridized carbons (Fsp3) is 0.100. The van der Waals surface area contributed by atoms with Crippen molar-refractivity contribution in [3.05, 3.63) is 40.9 Å². The highest BCUT2D eigenvalue weighted by atomic mass is 32.2. The molecule has 1 aliphatic rings. The zero-order chi connectivity index (χ0) is 9.97. The number of carbonyl (C=O) groups excluding carboxylic acids is 1. The SMILES string of the molecule is O=C1CNC(=Cc2ccccc2)[S+]1[O-]. The minimum absolute atomic E-state index is 0.172. The lowest BCUT2D eigenvalue weighted by molar-refractivity contribution is -0.110. The molecule has 0 saturated carbocycles. The first-order valence-electron chi connectivity index (χ1n) is 4.22. The summed E-state index contributed by atoms with van der Waals surface area (Å²) in [4.78, 5) is 11.0. The van der Waals surface area contributed by atoms with Gasteiger partial charge in [-0.15, -0.1) is 0 Å². The van der Waals surface area contributed by atoms with Gasteiger partial charge in [-0.2, -0.15) is 0 Å². The number of benzene rings is 1. The first-order valence-corrected chi connectivity index (χ1v) is 5.37. The summed E-state index contributed by atoms with van der Waals surface area (Å²) in [7, 11) is 0. The van der Waals surface area contributed by atoms with E-state index in [2.05, 4.69) is 5.32 Å². The Morgan fingerprint density at radius 2 is 2.07 bits per heavy atom. The van der Waals surface area contributed by atoms with Gasteiger partial charge in [-0.1, -0.05) is 30.3 Å². The van der Waals surface area contributed by atoms with E-state index in [1.54, 1.807) is 6.08 Å². The fourth-order valence-electron chi connectivity index (χ4n) is 1.22. The van der Waals surface area contributed by atoms with Crippen molar-refractivity contribution in [2.45, 2.75) is 0 Å². The van der Waals surface area contributed by atoms with Crippen LogP contribution in [0.3, 0.4) is 0 Å². The van der Waals surface area contributed by atoms with Crippen molar-refractivity contribution < 1.29 is 9.35 Å². The van der Waals surface area contributed by atoms with Crippen LogP contribution < -0.4 is 5.32 Å². The normalized spacial score (nSPS) is 23.9. The second kappa shape index (κ2) is 3.86. The molecule has 0 spiro atoms. The van der Waals surface area contributed by atoms with Crippen LogP contribution in [-0.4, -0.2) is 16.2 Å². The average molecular weight is 207 g/mol. The summed E-state index contributed by atoms with van der Waals surface area (Å²) in [5, 5.41) is 3.06. The van der Waals surface area contributed by atoms with E-state index < -0.39 is 11.2 Å². The molecule has 1 heterocycles. The molecule has 1 aromatic rings.